The Hall–Kier alpha value is -1.23. The molecule has 1 unspecified atom stereocenters. The molecule has 0 aromatic heterocycles. The molecular formula is C15H16BrFN2. The van der Waals surface area contributed by atoms with Gasteiger partial charge in [0.2, 0.25) is 0 Å². The van der Waals surface area contributed by atoms with Crippen LogP contribution in [0.4, 0.5) is 4.39 Å². The lowest BCUT2D eigenvalue weighted by atomic mass is 9.96. The Morgan fingerprint density at radius 2 is 1.89 bits per heavy atom. The van der Waals surface area contributed by atoms with Crippen LogP contribution in [0.15, 0.2) is 40.9 Å². The molecule has 100 valence electrons. The molecule has 0 aliphatic carbocycles. The number of rotatable bonds is 3. The van der Waals surface area contributed by atoms with E-state index >= 15 is 0 Å². The molecule has 2 nitrogen and oxygen atoms in total. The summed E-state index contributed by atoms with van der Waals surface area (Å²) in [5, 5.41) is 0. The number of halogens is 2. The summed E-state index contributed by atoms with van der Waals surface area (Å²) < 4.78 is 14.1. The first kappa shape index (κ1) is 14.2. The molecule has 3 N–H and O–H groups in total. The first-order chi connectivity index (χ1) is 9.04. The monoisotopic (exact) mass is 322 g/mol. The van der Waals surface area contributed by atoms with Gasteiger partial charge in [-0.3, -0.25) is 5.84 Å². The van der Waals surface area contributed by atoms with Crippen molar-refractivity contribution >= 4 is 15.9 Å². The van der Waals surface area contributed by atoms with Gasteiger partial charge >= 0.3 is 0 Å². The molecule has 0 aliphatic rings. The fourth-order valence-electron chi connectivity index (χ4n) is 2.05. The number of benzene rings is 2. The van der Waals surface area contributed by atoms with Crippen LogP contribution in [0.3, 0.4) is 0 Å². The lowest BCUT2D eigenvalue weighted by Gasteiger charge is -2.19. The van der Waals surface area contributed by atoms with Gasteiger partial charge in [0.15, 0.2) is 0 Å². The quantitative estimate of drug-likeness (QED) is 0.667. The number of nitrogens with one attached hydrogen (secondary N) is 1. The first-order valence-corrected chi connectivity index (χ1v) is 6.81. The minimum atomic E-state index is -0.290. The molecule has 2 rings (SSSR count). The number of nitrogens with two attached hydrogens (primary N) is 1. The van der Waals surface area contributed by atoms with Crippen molar-refractivity contribution in [1.82, 2.24) is 5.43 Å². The van der Waals surface area contributed by atoms with Crippen molar-refractivity contribution in [3.63, 3.8) is 0 Å². The zero-order valence-electron chi connectivity index (χ0n) is 10.9. The second-order valence-corrected chi connectivity index (χ2v) is 5.38. The third kappa shape index (κ3) is 2.86. The van der Waals surface area contributed by atoms with E-state index in [9.17, 15) is 4.39 Å². The Bertz CT molecular complexity index is 599. The highest BCUT2D eigenvalue weighted by Gasteiger charge is 2.17. The van der Waals surface area contributed by atoms with Crippen LogP contribution in [0, 0.1) is 19.7 Å². The second-order valence-electron chi connectivity index (χ2n) is 4.59. The number of aryl methyl sites for hydroxylation is 2. The van der Waals surface area contributed by atoms with Crippen molar-refractivity contribution in [2.75, 3.05) is 0 Å². The molecule has 4 heteroatoms. The molecular weight excluding hydrogens is 307 g/mol. The van der Waals surface area contributed by atoms with Gasteiger partial charge in [-0.1, -0.05) is 30.3 Å². The van der Waals surface area contributed by atoms with E-state index < -0.39 is 0 Å². The lowest BCUT2D eigenvalue weighted by molar-refractivity contribution is 0.597. The molecule has 0 amide bonds. The van der Waals surface area contributed by atoms with Gasteiger partial charge in [-0.25, -0.2) is 9.82 Å². The summed E-state index contributed by atoms with van der Waals surface area (Å²) in [6.07, 6.45) is 0. The molecule has 0 fully saturated rings. The van der Waals surface area contributed by atoms with Gasteiger partial charge in [0.05, 0.1) is 10.5 Å². The minimum absolute atomic E-state index is 0.246. The summed E-state index contributed by atoms with van der Waals surface area (Å²) >= 11 is 3.28. The third-order valence-corrected chi connectivity index (χ3v) is 4.16. The maximum Gasteiger partial charge on any atom is 0.137 e. The molecule has 2 aromatic carbocycles. The van der Waals surface area contributed by atoms with E-state index in [4.69, 9.17) is 5.84 Å². The van der Waals surface area contributed by atoms with Gasteiger partial charge in [0, 0.05) is 0 Å². The topological polar surface area (TPSA) is 38.0 Å². The summed E-state index contributed by atoms with van der Waals surface area (Å²) in [6.45, 7) is 4.11. The number of hydrogen-bond donors (Lipinski definition) is 2. The summed E-state index contributed by atoms with van der Waals surface area (Å²) in [7, 11) is 0. The van der Waals surface area contributed by atoms with E-state index in [0.29, 0.717) is 4.47 Å². The van der Waals surface area contributed by atoms with Crippen LogP contribution in [-0.2, 0) is 0 Å². The maximum atomic E-state index is 13.6. The Morgan fingerprint density at radius 3 is 2.53 bits per heavy atom. The predicted octanol–water partition coefficient (Wildman–Crippen LogP) is 3.76. The molecule has 0 bridgehead atoms. The molecule has 0 saturated carbocycles. The second kappa shape index (κ2) is 5.82. The Balaban J connectivity index is 2.50. The van der Waals surface area contributed by atoms with E-state index in [2.05, 4.69) is 34.3 Å². The summed E-state index contributed by atoms with van der Waals surface area (Å²) in [4.78, 5) is 0. The maximum absolute atomic E-state index is 13.6. The molecule has 19 heavy (non-hydrogen) atoms. The molecule has 0 radical (unpaired) electrons. The highest BCUT2D eigenvalue weighted by molar-refractivity contribution is 9.10. The van der Waals surface area contributed by atoms with E-state index in [1.807, 2.05) is 25.1 Å². The van der Waals surface area contributed by atoms with Crippen LogP contribution < -0.4 is 11.3 Å². The van der Waals surface area contributed by atoms with E-state index in [1.165, 1.54) is 17.2 Å². The predicted molar refractivity (Wildman–Crippen MR) is 79.2 cm³/mol. The molecule has 1 atom stereocenters. The first-order valence-electron chi connectivity index (χ1n) is 6.01. The van der Waals surface area contributed by atoms with Crippen molar-refractivity contribution in [2.24, 2.45) is 5.84 Å². The molecule has 0 spiro atoms. The van der Waals surface area contributed by atoms with Gasteiger partial charge < -0.3 is 0 Å². The van der Waals surface area contributed by atoms with Crippen LogP contribution in [-0.4, -0.2) is 0 Å². The van der Waals surface area contributed by atoms with Crippen molar-refractivity contribution in [1.29, 1.82) is 0 Å². The van der Waals surface area contributed by atoms with Gasteiger partial charge in [0.25, 0.3) is 0 Å². The Kier molecular flexibility index (Phi) is 4.34. The fourth-order valence-corrected chi connectivity index (χ4v) is 2.55. The Labute approximate surface area is 120 Å². The largest absolute Gasteiger partial charge is 0.271 e. The van der Waals surface area contributed by atoms with Crippen LogP contribution in [0.25, 0.3) is 0 Å². The van der Waals surface area contributed by atoms with Gasteiger partial charge in [0.1, 0.15) is 5.82 Å². The average molecular weight is 323 g/mol. The van der Waals surface area contributed by atoms with Crippen LogP contribution >= 0.6 is 15.9 Å². The number of hydrazine groups is 1. The van der Waals surface area contributed by atoms with Crippen LogP contribution in [0.5, 0.6) is 0 Å². The molecule has 0 heterocycles. The van der Waals surface area contributed by atoms with Gasteiger partial charge in [-0.2, -0.15) is 0 Å². The van der Waals surface area contributed by atoms with Gasteiger partial charge in [-0.05, 0) is 58.1 Å². The van der Waals surface area contributed by atoms with Gasteiger partial charge in [-0.15, -0.1) is 0 Å². The molecule has 0 saturated heterocycles. The van der Waals surface area contributed by atoms with E-state index in [0.717, 1.165) is 11.1 Å². The highest BCUT2D eigenvalue weighted by Crippen LogP contribution is 2.30. The zero-order valence-corrected chi connectivity index (χ0v) is 12.5. The smallest absolute Gasteiger partial charge is 0.137 e. The Morgan fingerprint density at radius 1 is 1.16 bits per heavy atom. The van der Waals surface area contributed by atoms with E-state index in [1.54, 1.807) is 6.07 Å². The van der Waals surface area contributed by atoms with Crippen LogP contribution in [0.2, 0.25) is 0 Å². The normalized spacial score (nSPS) is 12.5. The molecule has 0 aliphatic heterocycles. The SMILES string of the molecule is Cc1ccc(C(NN)c2cccc(F)c2Br)cc1C. The standard InChI is InChI=1S/C15H16BrFN2/c1-9-6-7-11(8-10(9)2)15(19-18)12-4-3-5-13(17)14(12)16/h3-8,15,19H,18H2,1-2H3. The van der Waals surface area contributed by atoms with Crippen molar-refractivity contribution < 1.29 is 4.39 Å². The fraction of sp³-hybridized carbons (Fsp3) is 0.200. The van der Waals surface area contributed by atoms with Crippen molar-refractivity contribution in [2.45, 2.75) is 19.9 Å². The summed E-state index contributed by atoms with van der Waals surface area (Å²) in [5.41, 5.74) is 6.95. The number of hydrogen-bond acceptors (Lipinski definition) is 2. The zero-order chi connectivity index (χ0) is 14.0. The highest BCUT2D eigenvalue weighted by atomic mass is 79.9. The van der Waals surface area contributed by atoms with Crippen LogP contribution in [0.1, 0.15) is 28.3 Å². The van der Waals surface area contributed by atoms with Crippen molar-refractivity contribution in [3.05, 3.63) is 68.9 Å². The average Bonchev–Trinajstić information content (AvgIpc) is 2.39. The molecule has 2 aromatic rings. The lowest BCUT2D eigenvalue weighted by Crippen LogP contribution is -2.29. The summed E-state index contributed by atoms with van der Waals surface area (Å²) in [5.74, 6) is 5.36. The van der Waals surface area contributed by atoms with Crippen molar-refractivity contribution in [3.8, 4) is 0 Å². The third-order valence-electron chi connectivity index (χ3n) is 3.32. The minimum Gasteiger partial charge on any atom is -0.271 e. The summed E-state index contributed by atoms with van der Waals surface area (Å²) in [6, 6.07) is 10.8. The van der Waals surface area contributed by atoms with E-state index in [-0.39, 0.29) is 11.9 Å².